The Hall–Kier alpha value is -3.02. The average Bonchev–Trinajstić information content (AvgIpc) is 3.13. The molecule has 6 nitrogen and oxygen atoms in total. The normalized spacial score (nSPS) is 16.2. The first-order valence-electron chi connectivity index (χ1n) is 9.43. The van der Waals surface area contributed by atoms with Gasteiger partial charge in [-0.3, -0.25) is 9.59 Å². The quantitative estimate of drug-likeness (QED) is 0.800. The van der Waals surface area contributed by atoms with Crippen LogP contribution in [0.2, 0.25) is 0 Å². The van der Waals surface area contributed by atoms with E-state index in [1.165, 1.54) is 5.56 Å². The van der Waals surface area contributed by atoms with Crippen molar-refractivity contribution >= 4 is 17.5 Å². The summed E-state index contributed by atoms with van der Waals surface area (Å²) in [6.07, 6.45) is 1.14. The molecule has 3 rings (SSSR count). The molecule has 1 aliphatic rings. The van der Waals surface area contributed by atoms with Gasteiger partial charge in [-0.25, -0.2) is 0 Å². The maximum Gasteiger partial charge on any atom is 0.227 e. The number of benzene rings is 2. The molecule has 2 aromatic carbocycles. The fourth-order valence-electron chi connectivity index (χ4n) is 3.40. The van der Waals surface area contributed by atoms with E-state index >= 15 is 0 Å². The van der Waals surface area contributed by atoms with Crippen molar-refractivity contribution in [1.82, 2.24) is 5.32 Å². The van der Waals surface area contributed by atoms with Crippen LogP contribution >= 0.6 is 0 Å². The Balaban J connectivity index is 1.62. The third-order valence-corrected chi connectivity index (χ3v) is 5.04. The smallest absolute Gasteiger partial charge is 0.227 e. The van der Waals surface area contributed by atoms with Crippen LogP contribution in [0.1, 0.15) is 24.5 Å². The monoisotopic (exact) mass is 382 g/mol. The van der Waals surface area contributed by atoms with Gasteiger partial charge in [-0.15, -0.1) is 0 Å². The zero-order chi connectivity index (χ0) is 20.1. The molecule has 148 valence electrons. The summed E-state index contributed by atoms with van der Waals surface area (Å²) in [6, 6.07) is 13.4. The van der Waals surface area contributed by atoms with E-state index in [0.29, 0.717) is 24.6 Å². The van der Waals surface area contributed by atoms with Gasteiger partial charge in [0, 0.05) is 25.2 Å². The predicted octanol–water partition coefficient (Wildman–Crippen LogP) is 2.94. The zero-order valence-electron chi connectivity index (χ0n) is 16.5. The van der Waals surface area contributed by atoms with E-state index in [-0.39, 0.29) is 24.2 Å². The Labute approximate surface area is 165 Å². The van der Waals surface area contributed by atoms with Gasteiger partial charge >= 0.3 is 0 Å². The molecule has 0 saturated carbocycles. The van der Waals surface area contributed by atoms with Crippen LogP contribution in [0.15, 0.2) is 42.5 Å². The summed E-state index contributed by atoms with van der Waals surface area (Å²) in [4.78, 5) is 26.7. The standard InChI is InChI=1S/C22H26N2O4/c1-4-15-6-5-7-18(10-15)24-14-17(12-21(24)25)22(26)23-13-16-8-9-19(27-2)20(11-16)28-3/h5-11,17H,4,12-14H2,1-3H3,(H,23,26)/t17-/m0/s1. The Bertz CT molecular complexity index is 865. The summed E-state index contributed by atoms with van der Waals surface area (Å²) >= 11 is 0. The summed E-state index contributed by atoms with van der Waals surface area (Å²) in [5.74, 6) is 0.783. The average molecular weight is 382 g/mol. The van der Waals surface area contributed by atoms with Gasteiger partial charge in [-0.2, -0.15) is 0 Å². The van der Waals surface area contributed by atoms with Crippen molar-refractivity contribution in [2.75, 3.05) is 25.7 Å². The van der Waals surface area contributed by atoms with Crippen LogP contribution in [-0.2, 0) is 22.6 Å². The molecule has 1 saturated heterocycles. The largest absolute Gasteiger partial charge is 0.493 e. The van der Waals surface area contributed by atoms with Crippen LogP contribution in [0.5, 0.6) is 11.5 Å². The van der Waals surface area contributed by atoms with Gasteiger partial charge in [0.15, 0.2) is 11.5 Å². The van der Waals surface area contributed by atoms with Gasteiger partial charge in [0.2, 0.25) is 11.8 Å². The van der Waals surface area contributed by atoms with E-state index < -0.39 is 0 Å². The number of methoxy groups -OCH3 is 2. The minimum atomic E-state index is -0.349. The molecule has 0 spiro atoms. The van der Waals surface area contributed by atoms with Crippen LogP contribution in [0.3, 0.4) is 0 Å². The Morgan fingerprint density at radius 2 is 1.89 bits per heavy atom. The molecule has 28 heavy (non-hydrogen) atoms. The van der Waals surface area contributed by atoms with Gasteiger partial charge in [-0.05, 0) is 41.8 Å². The molecule has 0 bridgehead atoms. The SMILES string of the molecule is CCc1cccc(N2C[C@@H](C(=O)NCc3ccc(OC)c(OC)c3)CC2=O)c1. The van der Waals surface area contributed by atoms with Crippen LogP contribution < -0.4 is 19.7 Å². The van der Waals surface area contributed by atoms with Crippen molar-refractivity contribution in [3.05, 3.63) is 53.6 Å². The Morgan fingerprint density at radius 1 is 1.11 bits per heavy atom. The summed E-state index contributed by atoms with van der Waals surface area (Å²) in [7, 11) is 3.16. The molecule has 1 heterocycles. The lowest BCUT2D eigenvalue weighted by Crippen LogP contribution is -2.32. The maximum atomic E-state index is 12.6. The number of aryl methyl sites for hydroxylation is 1. The molecule has 2 amide bonds. The fraction of sp³-hybridized carbons (Fsp3) is 0.364. The number of carbonyl (C=O) groups is 2. The van der Waals surface area contributed by atoms with Crippen molar-refractivity contribution in [2.45, 2.75) is 26.3 Å². The first kappa shape index (κ1) is 19.7. The topological polar surface area (TPSA) is 67.9 Å². The molecule has 0 aromatic heterocycles. The highest BCUT2D eigenvalue weighted by atomic mass is 16.5. The molecular formula is C22H26N2O4. The van der Waals surface area contributed by atoms with Crippen LogP contribution in [0, 0.1) is 5.92 Å². The number of amides is 2. The molecule has 2 aromatic rings. The third kappa shape index (κ3) is 4.27. The van der Waals surface area contributed by atoms with Gasteiger partial charge in [0.05, 0.1) is 20.1 Å². The number of carbonyl (C=O) groups excluding carboxylic acids is 2. The number of hydrogen-bond donors (Lipinski definition) is 1. The molecular weight excluding hydrogens is 356 g/mol. The summed E-state index contributed by atoms with van der Waals surface area (Å²) in [5, 5.41) is 2.93. The summed E-state index contributed by atoms with van der Waals surface area (Å²) in [5.41, 5.74) is 2.94. The molecule has 0 aliphatic carbocycles. The van der Waals surface area contributed by atoms with Crippen molar-refractivity contribution < 1.29 is 19.1 Å². The second kappa shape index (κ2) is 8.78. The van der Waals surface area contributed by atoms with E-state index in [9.17, 15) is 9.59 Å². The van der Waals surface area contributed by atoms with E-state index in [1.807, 2.05) is 42.5 Å². The lowest BCUT2D eigenvalue weighted by atomic mass is 10.1. The Kier molecular flexibility index (Phi) is 6.19. The first-order valence-corrected chi connectivity index (χ1v) is 9.43. The van der Waals surface area contributed by atoms with Gasteiger partial charge < -0.3 is 19.7 Å². The molecule has 0 unspecified atom stereocenters. The second-order valence-corrected chi connectivity index (χ2v) is 6.84. The van der Waals surface area contributed by atoms with Crippen molar-refractivity contribution in [2.24, 2.45) is 5.92 Å². The van der Waals surface area contributed by atoms with Gasteiger partial charge in [0.1, 0.15) is 0 Å². The fourth-order valence-corrected chi connectivity index (χ4v) is 3.40. The summed E-state index contributed by atoms with van der Waals surface area (Å²) < 4.78 is 10.5. The first-order chi connectivity index (χ1) is 13.5. The Morgan fingerprint density at radius 3 is 2.61 bits per heavy atom. The zero-order valence-corrected chi connectivity index (χ0v) is 16.5. The lowest BCUT2D eigenvalue weighted by Gasteiger charge is -2.17. The van der Waals surface area contributed by atoms with E-state index in [0.717, 1.165) is 17.7 Å². The number of rotatable bonds is 7. The minimum absolute atomic E-state index is 0.0143. The van der Waals surface area contributed by atoms with E-state index in [4.69, 9.17) is 9.47 Å². The van der Waals surface area contributed by atoms with Crippen LogP contribution in [0.25, 0.3) is 0 Å². The predicted molar refractivity (Wildman–Crippen MR) is 108 cm³/mol. The highest BCUT2D eigenvalue weighted by Gasteiger charge is 2.35. The maximum absolute atomic E-state index is 12.6. The molecule has 1 fully saturated rings. The third-order valence-electron chi connectivity index (χ3n) is 5.04. The molecule has 6 heteroatoms. The number of nitrogens with zero attached hydrogens (tertiary/aromatic N) is 1. The number of ether oxygens (including phenoxy) is 2. The van der Waals surface area contributed by atoms with E-state index in [1.54, 1.807) is 19.1 Å². The highest BCUT2D eigenvalue weighted by molar-refractivity contribution is 6.00. The minimum Gasteiger partial charge on any atom is -0.493 e. The van der Waals surface area contributed by atoms with Crippen molar-refractivity contribution in [3.8, 4) is 11.5 Å². The molecule has 0 radical (unpaired) electrons. The van der Waals surface area contributed by atoms with Crippen molar-refractivity contribution in [1.29, 1.82) is 0 Å². The van der Waals surface area contributed by atoms with Crippen LogP contribution in [0.4, 0.5) is 5.69 Å². The number of nitrogens with one attached hydrogen (secondary N) is 1. The van der Waals surface area contributed by atoms with Gasteiger partial charge in [-0.1, -0.05) is 25.1 Å². The number of anilines is 1. The van der Waals surface area contributed by atoms with E-state index in [2.05, 4.69) is 12.2 Å². The summed E-state index contributed by atoms with van der Waals surface area (Å²) in [6.45, 7) is 2.86. The highest BCUT2D eigenvalue weighted by Crippen LogP contribution is 2.28. The number of hydrogen-bond acceptors (Lipinski definition) is 4. The molecule has 1 atom stereocenters. The van der Waals surface area contributed by atoms with Gasteiger partial charge in [0.25, 0.3) is 0 Å². The van der Waals surface area contributed by atoms with Crippen LogP contribution in [-0.4, -0.2) is 32.6 Å². The molecule has 1 aliphatic heterocycles. The second-order valence-electron chi connectivity index (χ2n) is 6.84. The molecule has 1 N–H and O–H groups in total. The van der Waals surface area contributed by atoms with Crippen molar-refractivity contribution in [3.63, 3.8) is 0 Å². The lowest BCUT2D eigenvalue weighted by molar-refractivity contribution is -0.126.